The van der Waals surface area contributed by atoms with Crippen LogP contribution in [0, 0.1) is 0 Å². The maximum absolute atomic E-state index is 13.0. The summed E-state index contributed by atoms with van der Waals surface area (Å²) in [6.45, 7) is 3.17. The first-order valence-electron chi connectivity index (χ1n) is 10.4. The zero-order chi connectivity index (χ0) is 22.7. The van der Waals surface area contributed by atoms with Crippen LogP contribution in [0.15, 0.2) is 48.0 Å². The Morgan fingerprint density at radius 3 is 2.56 bits per heavy atom. The molecule has 0 spiro atoms. The number of rotatable bonds is 8. The minimum Gasteiger partial charge on any atom is -0.507 e. The summed E-state index contributed by atoms with van der Waals surface area (Å²) in [5, 5.41) is 11.1. The molecule has 0 bridgehead atoms. The standard InChI is InChI=1S/C24H25NO7/c1-3-11-30-17-7-4-15(5-8-17)21-20(23(27)24(28)25(21)10-12-29-2)22(26)16-6-9-18-19(13-16)32-14-31-18/h4-9,13,21,26H,3,10-12,14H2,1-2H3/b22-20-. The van der Waals surface area contributed by atoms with Gasteiger partial charge < -0.3 is 29.0 Å². The summed E-state index contributed by atoms with van der Waals surface area (Å²) in [6.07, 6.45) is 0.883. The Morgan fingerprint density at radius 2 is 1.84 bits per heavy atom. The second-order valence-corrected chi connectivity index (χ2v) is 7.47. The molecule has 8 heteroatoms. The third kappa shape index (κ3) is 4.01. The van der Waals surface area contributed by atoms with Crippen LogP contribution in [-0.2, 0) is 14.3 Å². The Kier molecular flexibility index (Phi) is 6.32. The molecular formula is C24H25NO7. The van der Waals surface area contributed by atoms with Gasteiger partial charge in [0, 0.05) is 19.2 Å². The van der Waals surface area contributed by atoms with Gasteiger partial charge >= 0.3 is 0 Å². The number of fused-ring (bicyclic) bond motifs is 1. The summed E-state index contributed by atoms with van der Waals surface area (Å²) in [6, 6.07) is 11.3. The predicted molar refractivity (Wildman–Crippen MR) is 116 cm³/mol. The number of amides is 1. The highest BCUT2D eigenvalue weighted by Crippen LogP contribution is 2.41. The molecule has 168 valence electrons. The molecule has 1 fully saturated rings. The number of hydrogen-bond acceptors (Lipinski definition) is 7. The van der Waals surface area contributed by atoms with E-state index >= 15 is 0 Å². The Bertz CT molecular complexity index is 1040. The fraction of sp³-hybridized carbons (Fsp3) is 0.333. The van der Waals surface area contributed by atoms with Crippen molar-refractivity contribution in [2.24, 2.45) is 0 Å². The van der Waals surface area contributed by atoms with Gasteiger partial charge in [-0.15, -0.1) is 0 Å². The number of likely N-dealkylation sites (tertiary alicyclic amines) is 1. The maximum atomic E-state index is 13.0. The first-order valence-corrected chi connectivity index (χ1v) is 10.4. The van der Waals surface area contributed by atoms with Crippen molar-refractivity contribution in [3.05, 3.63) is 59.2 Å². The molecule has 0 radical (unpaired) electrons. The van der Waals surface area contributed by atoms with Crippen molar-refractivity contribution >= 4 is 17.4 Å². The lowest BCUT2D eigenvalue weighted by Crippen LogP contribution is -2.32. The Balaban J connectivity index is 1.76. The van der Waals surface area contributed by atoms with Crippen LogP contribution < -0.4 is 14.2 Å². The van der Waals surface area contributed by atoms with E-state index in [9.17, 15) is 14.7 Å². The maximum Gasteiger partial charge on any atom is 0.295 e. The SMILES string of the molecule is CCCOc1ccc(C2/C(=C(/O)c3ccc4c(c3)OCO4)C(=O)C(=O)N2CCOC)cc1. The van der Waals surface area contributed by atoms with Crippen LogP contribution in [0.1, 0.15) is 30.5 Å². The second kappa shape index (κ2) is 9.32. The van der Waals surface area contributed by atoms with Crippen LogP contribution in [0.25, 0.3) is 5.76 Å². The average molecular weight is 439 g/mol. The van der Waals surface area contributed by atoms with Crippen LogP contribution in [0.3, 0.4) is 0 Å². The van der Waals surface area contributed by atoms with E-state index in [4.69, 9.17) is 18.9 Å². The van der Waals surface area contributed by atoms with Gasteiger partial charge in [-0.1, -0.05) is 19.1 Å². The number of nitrogens with zero attached hydrogens (tertiary/aromatic N) is 1. The molecule has 1 N–H and O–H groups in total. The molecular weight excluding hydrogens is 414 g/mol. The molecule has 2 aliphatic heterocycles. The van der Waals surface area contributed by atoms with Crippen LogP contribution in [0.2, 0.25) is 0 Å². The van der Waals surface area contributed by atoms with E-state index in [2.05, 4.69) is 0 Å². The lowest BCUT2D eigenvalue weighted by molar-refractivity contribution is -0.140. The summed E-state index contributed by atoms with van der Waals surface area (Å²) in [4.78, 5) is 27.3. The summed E-state index contributed by atoms with van der Waals surface area (Å²) in [5.74, 6) is 0.0317. The minimum absolute atomic E-state index is 0.0206. The molecule has 2 aromatic carbocycles. The van der Waals surface area contributed by atoms with E-state index in [1.807, 2.05) is 6.92 Å². The average Bonchev–Trinajstić information content (AvgIpc) is 3.38. The fourth-order valence-corrected chi connectivity index (χ4v) is 3.81. The fourth-order valence-electron chi connectivity index (χ4n) is 3.81. The minimum atomic E-state index is -0.754. The van der Waals surface area contributed by atoms with Gasteiger partial charge in [0.1, 0.15) is 11.5 Å². The van der Waals surface area contributed by atoms with Gasteiger partial charge in [0.25, 0.3) is 11.7 Å². The van der Waals surface area contributed by atoms with Gasteiger partial charge in [-0.05, 0) is 42.3 Å². The smallest absolute Gasteiger partial charge is 0.295 e. The van der Waals surface area contributed by atoms with Gasteiger partial charge in [0.05, 0.1) is 24.8 Å². The number of ether oxygens (including phenoxy) is 4. The molecule has 0 aromatic heterocycles. The van der Waals surface area contributed by atoms with Crippen LogP contribution in [0.5, 0.6) is 17.2 Å². The number of carbonyl (C=O) groups excluding carboxylic acids is 2. The number of hydrogen-bond donors (Lipinski definition) is 1. The van der Waals surface area contributed by atoms with Gasteiger partial charge in [0.15, 0.2) is 11.5 Å². The van der Waals surface area contributed by atoms with E-state index in [0.29, 0.717) is 35.0 Å². The first-order chi connectivity index (χ1) is 15.5. The Labute approximate surface area is 185 Å². The molecule has 32 heavy (non-hydrogen) atoms. The highest BCUT2D eigenvalue weighted by atomic mass is 16.7. The second-order valence-electron chi connectivity index (χ2n) is 7.47. The van der Waals surface area contributed by atoms with E-state index in [0.717, 1.165) is 6.42 Å². The summed E-state index contributed by atoms with van der Waals surface area (Å²) in [5.41, 5.74) is 1.07. The van der Waals surface area contributed by atoms with Crippen molar-refractivity contribution in [3.63, 3.8) is 0 Å². The molecule has 1 unspecified atom stereocenters. The quantitative estimate of drug-likeness (QED) is 0.383. The molecule has 1 atom stereocenters. The molecule has 2 aliphatic rings. The molecule has 1 amide bonds. The van der Waals surface area contributed by atoms with Crippen LogP contribution in [0.4, 0.5) is 0 Å². The van der Waals surface area contributed by atoms with Crippen molar-refractivity contribution < 1.29 is 33.6 Å². The van der Waals surface area contributed by atoms with Crippen molar-refractivity contribution in [1.29, 1.82) is 0 Å². The van der Waals surface area contributed by atoms with Gasteiger partial charge in [-0.3, -0.25) is 9.59 Å². The number of ketones is 1. The van der Waals surface area contributed by atoms with Crippen molar-refractivity contribution in [2.45, 2.75) is 19.4 Å². The van der Waals surface area contributed by atoms with E-state index in [1.165, 1.54) is 12.0 Å². The number of benzene rings is 2. The molecule has 2 heterocycles. The zero-order valence-corrected chi connectivity index (χ0v) is 18.0. The summed E-state index contributed by atoms with van der Waals surface area (Å²) < 4.78 is 21.5. The molecule has 1 saturated heterocycles. The van der Waals surface area contributed by atoms with Crippen molar-refractivity contribution in [1.82, 2.24) is 4.90 Å². The third-order valence-electron chi connectivity index (χ3n) is 5.39. The molecule has 0 saturated carbocycles. The Morgan fingerprint density at radius 1 is 1.09 bits per heavy atom. The topological polar surface area (TPSA) is 94.5 Å². The normalized spacial score (nSPS) is 18.9. The van der Waals surface area contributed by atoms with Gasteiger partial charge in [-0.25, -0.2) is 0 Å². The lowest BCUT2D eigenvalue weighted by atomic mass is 9.95. The number of aliphatic hydroxyl groups is 1. The molecule has 8 nitrogen and oxygen atoms in total. The van der Waals surface area contributed by atoms with E-state index < -0.39 is 17.7 Å². The lowest BCUT2D eigenvalue weighted by Gasteiger charge is -2.25. The number of carbonyl (C=O) groups is 2. The van der Waals surface area contributed by atoms with Crippen molar-refractivity contribution in [2.75, 3.05) is 33.7 Å². The summed E-state index contributed by atoms with van der Waals surface area (Å²) in [7, 11) is 1.53. The van der Waals surface area contributed by atoms with Crippen LogP contribution in [-0.4, -0.2) is 55.4 Å². The van der Waals surface area contributed by atoms with E-state index in [1.54, 1.807) is 42.5 Å². The molecule has 0 aliphatic carbocycles. The first kappa shape index (κ1) is 21.7. The zero-order valence-electron chi connectivity index (χ0n) is 18.0. The van der Waals surface area contributed by atoms with Gasteiger partial charge in [-0.2, -0.15) is 0 Å². The monoisotopic (exact) mass is 439 g/mol. The molecule has 2 aromatic rings. The summed E-state index contributed by atoms with van der Waals surface area (Å²) >= 11 is 0. The number of aliphatic hydroxyl groups excluding tert-OH is 1. The Hall–Kier alpha value is -3.52. The molecule has 4 rings (SSSR count). The number of methoxy groups -OCH3 is 1. The highest BCUT2D eigenvalue weighted by molar-refractivity contribution is 6.46. The van der Waals surface area contributed by atoms with Gasteiger partial charge in [0.2, 0.25) is 6.79 Å². The van der Waals surface area contributed by atoms with E-state index in [-0.39, 0.29) is 31.3 Å². The van der Waals surface area contributed by atoms with Crippen LogP contribution >= 0.6 is 0 Å². The number of Topliss-reactive ketones (excluding diaryl/α,β-unsaturated/α-hetero) is 1. The van der Waals surface area contributed by atoms with Crippen molar-refractivity contribution in [3.8, 4) is 17.2 Å². The predicted octanol–water partition coefficient (Wildman–Crippen LogP) is 3.27. The highest BCUT2D eigenvalue weighted by Gasteiger charge is 2.46. The largest absolute Gasteiger partial charge is 0.507 e. The third-order valence-corrected chi connectivity index (χ3v) is 5.39.